The highest BCUT2D eigenvalue weighted by Crippen LogP contribution is 2.14. The van der Waals surface area contributed by atoms with Gasteiger partial charge >= 0.3 is 6.09 Å². The standard InChI is InChI=1S/C11H21BrN2O3/c1-11(2,3)14(10(16)17)7-5-4-6-13-9(15)8-12/h4-8H2,1-3H3,(H,13,15)(H,16,17). The maximum Gasteiger partial charge on any atom is 0.407 e. The van der Waals surface area contributed by atoms with Crippen molar-refractivity contribution in [3.05, 3.63) is 0 Å². The molecule has 5 nitrogen and oxygen atoms in total. The minimum Gasteiger partial charge on any atom is -0.465 e. The van der Waals surface area contributed by atoms with Crippen molar-refractivity contribution in [2.24, 2.45) is 0 Å². The van der Waals surface area contributed by atoms with E-state index in [1.54, 1.807) is 0 Å². The zero-order valence-corrected chi connectivity index (χ0v) is 12.2. The first kappa shape index (κ1) is 16.2. The Morgan fingerprint density at radius 1 is 1.29 bits per heavy atom. The number of unbranched alkanes of at least 4 members (excludes halogenated alkanes) is 1. The zero-order chi connectivity index (χ0) is 13.5. The summed E-state index contributed by atoms with van der Waals surface area (Å²) in [5.74, 6) is -0.0455. The van der Waals surface area contributed by atoms with E-state index in [0.717, 1.165) is 12.8 Å². The molecule has 17 heavy (non-hydrogen) atoms. The van der Waals surface area contributed by atoms with Crippen molar-refractivity contribution in [2.75, 3.05) is 18.4 Å². The van der Waals surface area contributed by atoms with Crippen LogP contribution in [0, 0.1) is 0 Å². The third-order valence-corrected chi connectivity index (χ3v) is 2.80. The highest BCUT2D eigenvalue weighted by molar-refractivity contribution is 9.09. The predicted octanol–water partition coefficient (Wildman–Crippen LogP) is 2.06. The van der Waals surface area contributed by atoms with Crippen molar-refractivity contribution in [3.63, 3.8) is 0 Å². The number of amides is 2. The molecular weight excluding hydrogens is 288 g/mol. The molecule has 6 heteroatoms. The molecule has 0 atom stereocenters. The summed E-state index contributed by atoms with van der Waals surface area (Å²) in [6, 6.07) is 0. The molecule has 0 saturated heterocycles. The van der Waals surface area contributed by atoms with Gasteiger partial charge in [0.2, 0.25) is 5.91 Å². The smallest absolute Gasteiger partial charge is 0.407 e. The Balaban J connectivity index is 3.85. The van der Waals surface area contributed by atoms with Gasteiger partial charge in [-0.2, -0.15) is 0 Å². The summed E-state index contributed by atoms with van der Waals surface area (Å²) in [5.41, 5.74) is -0.384. The van der Waals surface area contributed by atoms with Crippen molar-refractivity contribution < 1.29 is 14.7 Å². The van der Waals surface area contributed by atoms with Crippen LogP contribution in [0.15, 0.2) is 0 Å². The van der Waals surface area contributed by atoms with Crippen LogP contribution in [0.1, 0.15) is 33.6 Å². The number of carbonyl (C=O) groups excluding carboxylic acids is 1. The lowest BCUT2D eigenvalue weighted by atomic mass is 10.1. The SMILES string of the molecule is CC(C)(C)N(CCCCNC(=O)CBr)C(=O)O. The van der Waals surface area contributed by atoms with Gasteiger partial charge in [0.1, 0.15) is 0 Å². The fourth-order valence-corrected chi connectivity index (χ4v) is 1.59. The molecule has 0 spiro atoms. The summed E-state index contributed by atoms with van der Waals surface area (Å²) >= 11 is 3.05. The molecule has 0 aromatic heterocycles. The van der Waals surface area contributed by atoms with Gasteiger partial charge in [-0.15, -0.1) is 0 Å². The number of alkyl halides is 1. The average Bonchev–Trinajstić information content (AvgIpc) is 2.20. The van der Waals surface area contributed by atoms with E-state index in [2.05, 4.69) is 21.2 Å². The summed E-state index contributed by atoms with van der Waals surface area (Å²) in [5, 5.41) is 12.1. The molecule has 0 aliphatic rings. The van der Waals surface area contributed by atoms with Crippen molar-refractivity contribution in [1.82, 2.24) is 10.2 Å². The van der Waals surface area contributed by atoms with Gasteiger partial charge in [0.15, 0.2) is 0 Å². The molecule has 0 aliphatic carbocycles. The van der Waals surface area contributed by atoms with Crippen LogP contribution in [0.3, 0.4) is 0 Å². The number of rotatable bonds is 6. The molecular formula is C11H21BrN2O3. The predicted molar refractivity (Wildman–Crippen MR) is 70.5 cm³/mol. The van der Waals surface area contributed by atoms with Gasteiger partial charge in [0.25, 0.3) is 0 Å². The molecule has 2 N–H and O–H groups in total. The topological polar surface area (TPSA) is 69.6 Å². The lowest BCUT2D eigenvalue weighted by Crippen LogP contribution is -2.45. The molecule has 0 unspecified atom stereocenters. The van der Waals surface area contributed by atoms with E-state index in [-0.39, 0.29) is 11.4 Å². The van der Waals surface area contributed by atoms with Gasteiger partial charge in [-0.25, -0.2) is 4.79 Å². The second-order valence-corrected chi connectivity index (χ2v) is 5.36. The third kappa shape index (κ3) is 7.20. The maximum absolute atomic E-state index is 11.0. The van der Waals surface area contributed by atoms with Gasteiger partial charge in [-0.1, -0.05) is 15.9 Å². The first-order chi connectivity index (χ1) is 7.79. The van der Waals surface area contributed by atoms with E-state index in [4.69, 9.17) is 5.11 Å². The van der Waals surface area contributed by atoms with E-state index >= 15 is 0 Å². The van der Waals surface area contributed by atoms with Crippen LogP contribution in [-0.2, 0) is 4.79 Å². The molecule has 0 radical (unpaired) electrons. The summed E-state index contributed by atoms with van der Waals surface area (Å²) in [4.78, 5) is 23.3. The first-order valence-electron chi connectivity index (χ1n) is 5.62. The second kappa shape index (κ2) is 7.53. The highest BCUT2D eigenvalue weighted by Gasteiger charge is 2.25. The van der Waals surface area contributed by atoms with Gasteiger partial charge < -0.3 is 15.3 Å². The molecule has 0 bridgehead atoms. The number of carboxylic acid groups (broad SMARTS) is 1. The number of nitrogens with zero attached hydrogens (tertiary/aromatic N) is 1. The fourth-order valence-electron chi connectivity index (χ4n) is 1.39. The van der Waals surface area contributed by atoms with Crippen LogP contribution >= 0.6 is 15.9 Å². The van der Waals surface area contributed by atoms with Crippen molar-refractivity contribution in [2.45, 2.75) is 39.2 Å². The van der Waals surface area contributed by atoms with Gasteiger partial charge in [-0.05, 0) is 33.6 Å². The largest absolute Gasteiger partial charge is 0.465 e. The number of carbonyl (C=O) groups is 2. The van der Waals surface area contributed by atoms with Crippen LogP contribution < -0.4 is 5.32 Å². The Hall–Kier alpha value is -0.780. The number of halogens is 1. The van der Waals surface area contributed by atoms with E-state index in [0.29, 0.717) is 18.4 Å². The molecule has 0 rings (SSSR count). The minimum atomic E-state index is -0.901. The Morgan fingerprint density at radius 2 is 1.88 bits per heavy atom. The van der Waals surface area contributed by atoms with E-state index in [1.165, 1.54) is 4.90 Å². The van der Waals surface area contributed by atoms with Crippen molar-refractivity contribution in [1.29, 1.82) is 0 Å². The number of hydrogen-bond acceptors (Lipinski definition) is 2. The van der Waals surface area contributed by atoms with Crippen LogP contribution in [-0.4, -0.2) is 46.0 Å². The number of nitrogens with one attached hydrogen (secondary N) is 1. The molecule has 0 aliphatic heterocycles. The summed E-state index contributed by atoms with van der Waals surface area (Å²) in [6.07, 6.45) is 0.618. The van der Waals surface area contributed by atoms with Gasteiger partial charge in [-0.3, -0.25) is 4.79 Å². The third-order valence-electron chi connectivity index (χ3n) is 2.29. The lowest BCUT2D eigenvalue weighted by molar-refractivity contribution is -0.118. The van der Waals surface area contributed by atoms with E-state index < -0.39 is 6.09 Å². The fraction of sp³-hybridized carbons (Fsp3) is 0.818. The van der Waals surface area contributed by atoms with E-state index in [9.17, 15) is 9.59 Å². The number of hydrogen-bond donors (Lipinski definition) is 2. The van der Waals surface area contributed by atoms with Gasteiger partial charge in [0.05, 0.1) is 5.33 Å². The van der Waals surface area contributed by atoms with Gasteiger partial charge in [0, 0.05) is 18.6 Å². The summed E-state index contributed by atoms with van der Waals surface area (Å²) in [7, 11) is 0. The average molecular weight is 309 g/mol. The first-order valence-corrected chi connectivity index (χ1v) is 6.74. The minimum absolute atomic E-state index is 0.0455. The molecule has 0 fully saturated rings. The lowest BCUT2D eigenvalue weighted by Gasteiger charge is -2.33. The van der Waals surface area contributed by atoms with Crippen molar-refractivity contribution >= 4 is 27.9 Å². The van der Waals surface area contributed by atoms with Crippen LogP contribution in [0.5, 0.6) is 0 Å². The second-order valence-electron chi connectivity index (χ2n) is 4.80. The van der Waals surface area contributed by atoms with E-state index in [1.807, 2.05) is 20.8 Å². The Morgan fingerprint density at radius 3 is 2.29 bits per heavy atom. The Labute approximate surface area is 111 Å². The van der Waals surface area contributed by atoms with Crippen LogP contribution in [0.2, 0.25) is 0 Å². The van der Waals surface area contributed by atoms with Crippen LogP contribution in [0.4, 0.5) is 4.79 Å². The molecule has 100 valence electrons. The molecule has 0 aromatic rings. The quantitative estimate of drug-likeness (QED) is 0.583. The van der Waals surface area contributed by atoms with Crippen molar-refractivity contribution in [3.8, 4) is 0 Å². The molecule has 2 amide bonds. The zero-order valence-electron chi connectivity index (χ0n) is 10.6. The monoisotopic (exact) mass is 308 g/mol. The molecule has 0 saturated carbocycles. The maximum atomic E-state index is 11.0. The summed E-state index contributed by atoms with van der Waals surface area (Å²) in [6.45, 7) is 6.68. The molecule has 0 aromatic carbocycles. The summed E-state index contributed by atoms with van der Waals surface area (Å²) < 4.78 is 0. The Bertz CT molecular complexity index is 264. The normalized spacial score (nSPS) is 11.1. The Kier molecular flexibility index (Phi) is 7.18. The highest BCUT2D eigenvalue weighted by atomic mass is 79.9. The molecule has 0 heterocycles. The van der Waals surface area contributed by atoms with Crippen LogP contribution in [0.25, 0.3) is 0 Å².